The number of carbonyl (C=O) groups is 3. The Bertz CT molecular complexity index is 1160. The molecule has 2 rings (SSSR count). The fraction of sp³-hybridized carbons (Fsp3) is 0.484. The zero-order valence-corrected chi connectivity index (χ0v) is 25.5. The number of amides is 2. The lowest BCUT2D eigenvalue weighted by Gasteiger charge is -2.10. The Labute approximate surface area is 253 Å². The van der Waals surface area contributed by atoms with Gasteiger partial charge in [0, 0.05) is 11.4 Å². The van der Waals surface area contributed by atoms with Crippen molar-refractivity contribution in [2.24, 2.45) is 5.10 Å². The van der Waals surface area contributed by atoms with Crippen molar-refractivity contribution in [3.05, 3.63) is 57.6 Å². The van der Waals surface area contributed by atoms with Crippen molar-refractivity contribution in [3.63, 3.8) is 0 Å². The molecular formula is C31H41Cl2N3O5. The molecule has 0 aliphatic heterocycles. The van der Waals surface area contributed by atoms with Gasteiger partial charge in [-0.1, -0.05) is 94.3 Å². The van der Waals surface area contributed by atoms with Crippen LogP contribution in [0.15, 0.2) is 41.5 Å². The lowest BCUT2D eigenvalue weighted by atomic mass is 10.1. The smallest absolute Gasteiger partial charge is 0.345 e. The third-order valence-corrected chi connectivity index (χ3v) is 6.95. The van der Waals surface area contributed by atoms with Gasteiger partial charge in [-0.05, 0) is 48.4 Å². The van der Waals surface area contributed by atoms with Gasteiger partial charge in [-0.25, -0.2) is 10.2 Å². The second-order valence-corrected chi connectivity index (χ2v) is 10.6. The standard InChI is InChI=1S/C31H41Cl2N3O5/c1-3-4-5-6-7-8-9-10-11-12-13-14-29(37)34-22-30(38)36-35-21-23-15-18-27(28(19-23)40-2)41-31(39)25-17-16-24(32)20-26(25)33/h15-21H,3-14,22H2,1-2H3,(H,34,37)(H,36,38). The van der Waals surface area contributed by atoms with Crippen LogP contribution < -0.4 is 20.2 Å². The van der Waals surface area contributed by atoms with Gasteiger partial charge in [0.15, 0.2) is 11.5 Å². The summed E-state index contributed by atoms with van der Waals surface area (Å²) in [5.41, 5.74) is 3.13. The number of carbonyl (C=O) groups excluding carboxylic acids is 3. The first-order valence-corrected chi connectivity index (χ1v) is 15.0. The monoisotopic (exact) mass is 605 g/mol. The van der Waals surface area contributed by atoms with Crippen LogP contribution in [0.2, 0.25) is 10.0 Å². The van der Waals surface area contributed by atoms with E-state index in [-0.39, 0.29) is 34.5 Å². The van der Waals surface area contributed by atoms with Crippen molar-refractivity contribution in [3.8, 4) is 11.5 Å². The molecule has 2 aromatic rings. The number of esters is 1. The Kier molecular flexibility index (Phi) is 16.5. The van der Waals surface area contributed by atoms with Gasteiger partial charge in [-0.15, -0.1) is 0 Å². The normalized spacial score (nSPS) is 10.9. The fourth-order valence-corrected chi connectivity index (χ4v) is 4.58. The highest BCUT2D eigenvalue weighted by Crippen LogP contribution is 2.30. The van der Waals surface area contributed by atoms with E-state index in [9.17, 15) is 14.4 Å². The molecule has 224 valence electrons. The first-order chi connectivity index (χ1) is 19.8. The van der Waals surface area contributed by atoms with Crippen LogP contribution in [0.3, 0.4) is 0 Å². The zero-order valence-electron chi connectivity index (χ0n) is 24.0. The van der Waals surface area contributed by atoms with Crippen molar-refractivity contribution in [2.45, 2.75) is 84.0 Å². The summed E-state index contributed by atoms with van der Waals surface area (Å²) in [4.78, 5) is 36.6. The number of nitrogens with one attached hydrogen (secondary N) is 2. The molecule has 2 aromatic carbocycles. The van der Waals surface area contributed by atoms with Gasteiger partial charge < -0.3 is 14.8 Å². The molecule has 0 heterocycles. The summed E-state index contributed by atoms with van der Waals surface area (Å²) in [5.74, 6) is -0.775. The quantitative estimate of drug-likeness (QED) is 0.0567. The van der Waals surface area contributed by atoms with Crippen LogP contribution in [0.1, 0.15) is 99.9 Å². The Morgan fingerprint density at radius 3 is 2.12 bits per heavy atom. The third-order valence-electron chi connectivity index (χ3n) is 6.40. The molecule has 0 radical (unpaired) electrons. The topological polar surface area (TPSA) is 106 Å². The number of hydrogen-bond donors (Lipinski definition) is 2. The predicted octanol–water partition coefficient (Wildman–Crippen LogP) is 7.49. The maximum absolute atomic E-state index is 12.5. The van der Waals surface area contributed by atoms with Gasteiger partial charge in [0.25, 0.3) is 5.91 Å². The number of halogens is 2. The molecule has 0 spiro atoms. The van der Waals surface area contributed by atoms with E-state index in [1.807, 2.05) is 0 Å². The highest BCUT2D eigenvalue weighted by molar-refractivity contribution is 6.36. The number of hydrogen-bond acceptors (Lipinski definition) is 6. The number of ether oxygens (including phenoxy) is 2. The van der Waals surface area contributed by atoms with E-state index in [4.69, 9.17) is 32.7 Å². The van der Waals surface area contributed by atoms with Crippen LogP contribution in [0.4, 0.5) is 0 Å². The summed E-state index contributed by atoms with van der Waals surface area (Å²) in [5, 5.41) is 7.11. The second-order valence-electron chi connectivity index (χ2n) is 9.78. The minimum Gasteiger partial charge on any atom is -0.493 e. The van der Waals surface area contributed by atoms with E-state index >= 15 is 0 Å². The van der Waals surface area contributed by atoms with Gasteiger partial charge in [0.2, 0.25) is 5.91 Å². The van der Waals surface area contributed by atoms with Crippen molar-refractivity contribution < 1.29 is 23.9 Å². The molecule has 0 unspecified atom stereocenters. The summed E-state index contributed by atoms with van der Waals surface area (Å²) < 4.78 is 10.7. The Morgan fingerprint density at radius 2 is 1.49 bits per heavy atom. The molecule has 0 aromatic heterocycles. The van der Waals surface area contributed by atoms with Crippen LogP contribution in [0.5, 0.6) is 11.5 Å². The molecule has 8 nitrogen and oxygen atoms in total. The lowest BCUT2D eigenvalue weighted by molar-refractivity contribution is -0.126. The first kappa shape index (κ1) is 34.1. The number of methoxy groups -OCH3 is 1. The number of rotatable bonds is 19. The summed E-state index contributed by atoms with van der Waals surface area (Å²) in [6.07, 6.45) is 15.2. The minimum absolute atomic E-state index is 0.144. The molecular weight excluding hydrogens is 565 g/mol. The molecule has 2 N–H and O–H groups in total. The molecule has 41 heavy (non-hydrogen) atoms. The van der Waals surface area contributed by atoms with E-state index in [0.717, 1.165) is 19.3 Å². The Balaban J connectivity index is 1.65. The largest absolute Gasteiger partial charge is 0.493 e. The minimum atomic E-state index is -0.663. The van der Waals surface area contributed by atoms with Crippen molar-refractivity contribution in [2.75, 3.05) is 13.7 Å². The summed E-state index contributed by atoms with van der Waals surface area (Å²) in [6.45, 7) is 2.08. The average Bonchev–Trinajstić information content (AvgIpc) is 2.95. The van der Waals surface area contributed by atoms with Crippen molar-refractivity contribution >= 4 is 47.2 Å². The molecule has 0 saturated carbocycles. The third kappa shape index (κ3) is 13.9. The van der Waals surface area contributed by atoms with Crippen LogP contribution in [-0.4, -0.2) is 37.7 Å². The van der Waals surface area contributed by atoms with Crippen LogP contribution in [0.25, 0.3) is 0 Å². The highest BCUT2D eigenvalue weighted by atomic mass is 35.5. The summed E-state index contributed by atoms with van der Waals surface area (Å²) in [7, 11) is 1.43. The highest BCUT2D eigenvalue weighted by Gasteiger charge is 2.16. The predicted molar refractivity (Wildman–Crippen MR) is 164 cm³/mol. The van der Waals surface area contributed by atoms with Gasteiger partial charge in [0.05, 0.1) is 30.5 Å². The molecule has 10 heteroatoms. The van der Waals surface area contributed by atoms with Gasteiger partial charge >= 0.3 is 5.97 Å². The fourth-order valence-electron chi connectivity index (χ4n) is 4.09. The summed E-state index contributed by atoms with van der Waals surface area (Å²) >= 11 is 12.0. The molecule has 0 atom stereocenters. The maximum atomic E-state index is 12.5. The Hall–Kier alpha value is -3.10. The van der Waals surface area contributed by atoms with E-state index in [0.29, 0.717) is 17.0 Å². The van der Waals surface area contributed by atoms with Gasteiger partial charge in [-0.3, -0.25) is 9.59 Å². The van der Waals surface area contributed by atoms with Gasteiger partial charge in [-0.2, -0.15) is 5.10 Å². The molecule has 0 bridgehead atoms. The van der Waals surface area contributed by atoms with Crippen molar-refractivity contribution in [1.82, 2.24) is 10.7 Å². The van der Waals surface area contributed by atoms with Crippen LogP contribution in [0, 0.1) is 0 Å². The molecule has 0 aliphatic rings. The van der Waals surface area contributed by atoms with Crippen LogP contribution >= 0.6 is 23.2 Å². The molecule has 2 amide bonds. The van der Waals surface area contributed by atoms with Gasteiger partial charge in [0.1, 0.15) is 0 Å². The molecule has 0 aliphatic carbocycles. The Morgan fingerprint density at radius 1 is 0.829 bits per heavy atom. The van der Waals surface area contributed by atoms with E-state index < -0.39 is 11.9 Å². The second kappa shape index (κ2) is 19.9. The average molecular weight is 607 g/mol. The maximum Gasteiger partial charge on any atom is 0.345 e. The number of hydrazone groups is 1. The first-order valence-electron chi connectivity index (χ1n) is 14.3. The summed E-state index contributed by atoms with van der Waals surface area (Å²) in [6, 6.07) is 9.25. The van der Waals surface area contributed by atoms with E-state index in [1.165, 1.54) is 76.8 Å². The van der Waals surface area contributed by atoms with E-state index in [2.05, 4.69) is 22.8 Å². The number of unbranched alkanes of at least 4 members (excludes halogenated alkanes) is 10. The zero-order chi connectivity index (χ0) is 29.9. The SMILES string of the molecule is CCCCCCCCCCCCCC(=O)NCC(=O)NN=Cc1ccc(OC(=O)c2ccc(Cl)cc2Cl)c(OC)c1. The lowest BCUT2D eigenvalue weighted by Crippen LogP contribution is -2.34. The molecule has 0 saturated heterocycles. The molecule has 0 fully saturated rings. The number of nitrogens with zero attached hydrogens (tertiary/aromatic N) is 1. The van der Waals surface area contributed by atoms with E-state index in [1.54, 1.807) is 24.3 Å². The van der Waals surface area contributed by atoms with Crippen LogP contribution in [-0.2, 0) is 9.59 Å². The number of benzene rings is 2. The van der Waals surface area contributed by atoms with Crippen molar-refractivity contribution in [1.29, 1.82) is 0 Å².